The van der Waals surface area contributed by atoms with Crippen LogP contribution in [-0.2, 0) is 11.3 Å². The quantitative estimate of drug-likeness (QED) is 0.857. The second-order valence-electron chi connectivity index (χ2n) is 4.71. The zero-order chi connectivity index (χ0) is 13.9. The molecular formula is C13H16F2N2O2. The summed E-state index contributed by atoms with van der Waals surface area (Å²) in [6.07, 6.45) is 2.39. The molecule has 1 aromatic rings. The minimum absolute atomic E-state index is 0.0966. The molecule has 6 heteroatoms. The van der Waals surface area contributed by atoms with Crippen molar-refractivity contribution < 1.29 is 18.3 Å². The van der Waals surface area contributed by atoms with E-state index >= 15 is 0 Å². The lowest BCUT2D eigenvalue weighted by Crippen LogP contribution is -2.58. The first kappa shape index (κ1) is 13.7. The van der Waals surface area contributed by atoms with E-state index in [-0.39, 0.29) is 11.7 Å². The van der Waals surface area contributed by atoms with Gasteiger partial charge in [-0.3, -0.25) is 4.79 Å². The van der Waals surface area contributed by atoms with E-state index in [1.165, 1.54) is 12.1 Å². The Morgan fingerprint density at radius 3 is 2.47 bits per heavy atom. The van der Waals surface area contributed by atoms with Crippen LogP contribution >= 0.6 is 0 Å². The maximum Gasteiger partial charge on any atom is 0.387 e. The lowest BCUT2D eigenvalue weighted by atomic mass is 9.77. The molecule has 0 aliphatic heterocycles. The minimum Gasteiger partial charge on any atom is -0.435 e. The molecule has 0 atom stereocenters. The molecule has 19 heavy (non-hydrogen) atoms. The summed E-state index contributed by atoms with van der Waals surface area (Å²) < 4.78 is 28.2. The highest BCUT2D eigenvalue weighted by atomic mass is 19.3. The van der Waals surface area contributed by atoms with Crippen molar-refractivity contribution in [2.75, 3.05) is 0 Å². The van der Waals surface area contributed by atoms with E-state index in [4.69, 9.17) is 5.73 Å². The number of rotatable bonds is 5. The smallest absolute Gasteiger partial charge is 0.387 e. The van der Waals surface area contributed by atoms with Gasteiger partial charge in [-0.2, -0.15) is 8.78 Å². The molecule has 0 aromatic heterocycles. The van der Waals surface area contributed by atoms with Crippen molar-refractivity contribution >= 4 is 5.91 Å². The monoisotopic (exact) mass is 270 g/mol. The molecule has 1 saturated carbocycles. The molecule has 1 fully saturated rings. The standard InChI is InChI=1S/C13H16F2N2O2/c14-12(15)19-10-4-2-9(3-5-10)8-17-11(18)13(16)6-1-7-13/h2-5,12H,1,6-8,16H2,(H,17,18). The van der Waals surface area contributed by atoms with Gasteiger partial charge >= 0.3 is 6.61 Å². The molecule has 1 aliphatic carbocycles. The fraction of sp³-hybridized carbons (Fsp3) is 0.462. The average Bonchev–Trinajstić information content (AvgIpc) is 2.34. The Balaban J connectivity index is 1.84. The Labute approximate surface area is 109 Å². The molecule has 0 heterocycles. The van der Waals surface area contributed by atoms with Gasteiger partial charge in [-0.25, -0.2) is 0 Å². The van der Waals surface area contributed by atoms with Crippen LogP contribution in [0.15, 0.2) is 24.3 Å². The second-order valence-corrected chi connectivity index (χ2v) is 4.71. The number of hydrogen-bond donors (Lipinski definition) is 2. The Hall–Kier alpha value is -1.69. The number of alkyl halides is 2. The largest absolute Gasteiger partial charge is 0.435 e. The third-order valence-corrected chi connectivity index (χ3v) is 3.30. The van der Waals surface area contributed by atoms with Gasteiger partial charge in [0.25, 0.3) is 0 Å². The lowest BCUT2D eigenvalue weighted by molar-refractivity contribution is -0.129. The van der Waals surface area contributed by atoms with Gasteiger partial charge in [0.2, 0.25) is 5.91 Å². The molecule has 0 saturated heterocycles. The summed E-state index contributed by atoms with van der Waals surface area (Å²) in [6, 6.07) is 6.13. The van der Waals surface area contributed by atoms with Crippen LogP contribution in [0, 0.1) is 0 Å². The van der Waals surface area contributed by atoms with E-state index in [2.05, 4.69) is 10.1 Å². The van der Waals surface area contributed by atoms with E-state index in [9.17, 15) is 13.6 Å². The van der Waals surface area contributed by atoms with Crippen LogP contribution in [0.3, 0.4) is 0 Å². The predicted octanol–water partition coefficient (Wildman–Crippen LogP) is 1.79. The summed E-state index contributed by atoms with van der Waals surface area (Å²) >= 11 is 0. The van der Waals surface area contributed by atoms with Crippen LogP contribution in [0.4, 0.5) is 8.78 Å². The maximum atomic E-state index is 12.0. The van der Waals surface area contributed by atoms with Crippen LogP contribution in [0.1, 0.15) is 24.8 Å². The SMILES string of the molecule is NC1(C(=O)NCc2ccc(OC(F)F)cc2)CCC1. The third kappa shape index (κ3) is 3.41. The van der Waals surface area contributed by atoms with Gasteiger partial charge in [-0.15, -0.1) is 0 Å². The molecule has 0 spiro atoms. The number of nitrogens with one attached hydrogen (secondary N) is 1. The van der Waals surface area contributed by atoms with Gasteiger partial charge in [0.05, 0.1) is 5.54 Å². The number of ether oxygens (including phenoxy) is 1. The third-order valence-electron chi connectivity index (χ3n) is 3.30. The summed E-state index contributed by atoms with van der Waals surface area (Å²) in [5.41, 5.74) is 5.95. The second kappa shape index (κ2) is 5.52. The molecule has 1 aromatic carbocycles. The Bertz CT molecular complexity index is 444. The van der Waals surface area contributed by atoms with E-state index in [0.717, 1.165) is 12.0 Å². The van der Waals surface area contributed by atoms with Gasteiger partial charge in [0.15, 0.2) is 0 Å². The molecule has 3 N–H and O–H groups in total. The molecule has 0 radical (unpaired) electrons. The molecule has 0 unspecified atom stereocenters. The van der Waals surface area contributed by atoms with Crippen molar-refractivity contribution in [3.8, 4) is 5.75 Å². The van der Waals surface area contributed by atoms with Crippen LogP contribution in [-0.4, -0.2) is 18.1 Å². The first-order valence-electron chi connectivity index (χ1n) is 6.10. The summed E-state index contributed by atoms with van der Waals surface area (Å²) in [7, 11) is 0. The molecule has 1 aliphatic rings. The fourth-order valence-corrected chi connectivity index (χ4v) is 1.93. The highest BCUT2D eigenvalue weighted by Gasteiger charge is 2.39. The van der Waals surface area contributed by atoms with Gasteiger partial charge < -0.3 is 15.8 Å². The van der Waals surface area contributed by atoms with Crippen LogP contribution in [0.5, 0.6) is 5.75 Å². The first-order chi connectivity index (χ1) is 8.99. The van der Waals surface area contributed by atoms with Crippen molar-refractivity contribution in [1.29, 1.82) is 0 Å². The fourth-order valence-electron chi connectivity index (χ4n) is 1.93. The number of carbonyl (C=O) groups excluding carboxylic acids is 1. The van der Waals surface area contributed by atoms with Gasteiger partial charge in [-0.1, -0.05) is 12.1 Å². The highest BCUT2D eigenvalue weighted by molar-refractivity contribution is 5.86. The van der Waals surface area contributed by atoms with Crippen LogP contribution in [0.2, 0.25) is 0 Å². The van der Waals surface area contributed by atoms with E-state index < -0.39 is 12.2 Å². The van der Waals surface area contributed by atoms with E-state index in [1.807, 2.05) is 0 Å². The van der Waals surface area contributed by atoms with Crippen molar-refractivity contribution in [2.45, 2.75) is 38.0 Å². The van der Waals surface area contributed by atoms with Crippen LogP contribution < -0.4 is 15.8 Å². The van der Waals surface area contributed by atoms with Crippen molar-refractivity contribution in [1.82, 2.24) is 5.32 Å². The predicted molar refractivity (Wildman–Crippen MR) is 65.7 cm³/mol. The number of benzene rings is 1. The first-order valence-corrected chi connectivity index (χ1v) is 6.10. The summed E-state index contributed by atoms with van der Waals surface area (Å²) in [5.74, 6) is -0.0639. The minimum atomic E-state index is -2.83. The van der Waals surface area contributed by atoms with Crippen molar-refractivity contribution in [3.05, 3.63) is 29.8 Å². The topological polar surface area (TPSA) is 64.4 Å². The Kier molecular flexibility index (Phi) is 3.99. The van der Waals surface area contributed by atoms with Crippen molar-refractivity contribution in [2.24, 2.45) is 5.73 Å². The average molecular weight is 270 g/mol. The normalized spacial score (nSPS) is 16.8. The Morgan fingerprint density at radius 1 is 1.37 bits per heavy atom. The number of nitrogens with two attached hydrogens (primary N) is 1. The van der Waals surface area contributed by atoms with Gasteiger partial charge in [0.1, 0.15) is 5.75 Å². The van der Waals surface area contributed by atoms with Crippen molar-refractivity contribution in [3.63, 3.8) is 0 Å². The maximum absolute atomic E-state index is 12.0. The molecule has 4 nitrogen and oxygen atoms in total. The molecule has 0 bridgehead atoms. The molecule has 104 valence electrons. The van der Waals surface area contributed by atoms with E-state index in [0.29, 0.717) is 19.4 Å². The van der Waals surface area contributed by atoms with E-state index in [1.54, 1.807) is 12.1 Å². The number of amides is 1. The summed E-state index contributed by atoms with van der Waals surface area (Å²) in [6.45, 7) is -2.51. The lowest BCUT2D eigenvalue weighted by Gasteiger charge is -2.36. The number of hydrogen-bond acceptors (Lipinski definition) is 3. The number of halogens is 2. The zero-order valence-corrected chi connectivity index (χ0v) is 10.4. The molecule has 2 rings (SSSR count). The number of carbonyl (C=O) groups is 1. The molecular weight excluding hydrogens is 254 g/mol. The van der Waals surface area contributed by atoms with Gasteiger partial charge in [0, 0.05) is 6.54 Å². The summed E-state index contributed by atoms with van der Waals surface area (Å²) in [4.78, 5) is 11.8. The Morgan fingerprint density at radius 2 is 2.00 bits per heavy atom. The molecule has 1 amide bonds. The highest BCUT2D eigenvalue weighted by Crippen LogP contribution is 2.29. The van der Waals surface area contributed by atoms with Gasteiger partial charge in [-0.05, 0) is 37.0 Å². The van der Waals surface area contributed by atoms with Crippen LogP contribution in [0.25, 0.3) is 0 Å². The zero-order valence-electron chi connectivity index (χ0n) is 10.4. The summed E-state index contributed by atoms with van der Waals surface area (Å²) in [5, 5.41) is 2.75.